The van der Waals surface area contributed by atoms with Crippen LogP contribution >= 0.6 is 0 Å². The first kappa shape index (κ1) is 17.6. The molecule has 27 heavy (non-hydrogen) atoms. The highest BCUT2D eigenvalue weighted by Crippen LogP contribution is 2.39. The van der Waals surface area contributed by atoms with E-state index in [1.807, 2.05) is 6.07 Å². The van der Waals surface area contributed by atoms with Gasteiger partial charge in [0, 0.05) is 6.20 Å². The fourth-order valence-corrected chi connectivity index (χ4v) is 3.56. The highest BCUT2D eigenvalue weighted by molar-refractivity contribution is 5.98. The molecule has 1 saturated carbocycles. The number of aromatic nitrogens is 1. The Labute approximate surface area is 157 Å². The highest BCUT2D eigenvalue weighted by Gasteiger charge is 2.36. The first-order chi connectivity index (χ1) is 13.2. The maximum Gasteiger partial charge on any atom is 0.255 e. The molecule has 0 saturated heterocycles. The molecule has 1 aliphatic heterocycles. The predicted octanol–water partition coefficient (Wildman–Crippen LogP) is 2.10. The van der Waals surface area contributed by atoms with Crippen LogP contribution in [-0.4, -0.2) is 42.4 Å². The second-order valence-electron chi connectivity index (χ2n) is 6.82. The van der Waals surface area contributed by atoms with Crippen molar-refractivity contribution in [2.45, 2.75) is 25.0 Å². The van der Waals surface area contributed by atoms with Crippen LogP contribution < -0.4 is 19.5 Å². The maximum atomic E-state index is 13.0. The number of aliphatic hydroxyl groups is 1. The molecule has 2 aromatic rings. The lowest BCUT2D eigenvalue weighted by atomic mass is 9.75. The van der Waals surface area contributed by atoms with Crippen molar-refractivity contribution in [1.82, 2.24) is 10.3 Å². The quantitative estimate of drug-likeness (QED) is 0.838. The topological polar surface area (TPSA) is 89.9 Å². The molecule has 1 atom stereocenters. The monoisotopic (exact) mass is 370 g/mol. The van der Waals surface area contributed by atoms with Crippen molar-refractivity contribution in [2.24, 2.45) is 5.92 Å². The van der Waals surface area contributed by atoms with Gasteiger partial charge in [-0.05, 0) is 42.5 Å². The van der Waals surface area contributed by atoms with Gasteiger partial charge in [-0.2, -0.15) is 0 Å². The molecule has 0 unspecified atom stereocenters. The minimum atomic E-state index is -0.325. The van der Waals surface area contributed by atoms with Gasteiger partial charge >= 0.3 is 0 Å². The molecule has 7 heteroatoms. The van der Waals surface area contributed by atoms with Crippen LogP contribution in [-0.2, 0) is 0 Å². The summed E-state index contributed by atoms with van der Waals surface area (Å²) in [4.78, 5) is 17.2. The van der Waals surface area contributed by atoms with Gasteiger partial charge in [-0.1, -0.05) is 6.07 Å². The molecule has 2 aliphatic rings. The average Bonchev–Trinajstić information content (AvgIpc) is 2.69. The third kappa shape index (κ3) is 3.55. The van der Waals surface area contributed by atoms with Crippen molar-refractivity contribution in [3.63, 3.8) is 0 Å². The summed E-state index contributed by atoms with van der Waals surface area (Å²) >= 11 is 0. The largest absolute Gasteiger partial charge is 0.495 e. The van der Waals surface area contributed by atoms with Crippen LogP contribution in [0.2, 0.25) is 0 Å². The molecule has 7 nitrogen and oxygen atoms in total. The van der Waals surface area contributed by atoms with Crippen molar-refractivity contribution in [3.05, 3.63) is 47.8 Å². The summed E-state index contributed by atoms with van der Waals surface area (Å²) in [5, 5.41) is 12.8. The number of rotatable bonds is 5. The van der Waals surface area contributed by atoms with Crippen molar-refractivity contribution in [3.8, 4) is 17.2 Å². The summed E-state index contributed by atoms with van der Waals surface area (Å²) in [6.07, 6.45) is 4.28. The summed E-state index contributed by atoms with van der Waals surface area (Å²) in [5.74, 6) is 1.56. The Morgan fingerprint density at radius 3 is 2.89 bits per heavy atom. The van der Waals surface area contributed by atoms with Crippen LogP contribution in [0.15, 0.2) is 36.7 Å². The Morgan fingerprint density at radius 1 is 1.30 bits per heavy atom. The molecule has 4 rings (SSSR count). The van der Waals surface area contributed by atoms with Crippen molar-refractivity contribution in [2.75, 3.05) is 20.3 Å². The number of hydrogen-bond donors (Lipinski definition) is 2. The zero-order valence-electron chi connectivity index (χ0n) is 15.1. The number of carbonyl (C=O) groups is 1. The van der Waals surface area contributed by atoms with Crippen LogP contribution in [0, 0.1) is 5.92 Å². The number of benzene rings is 1. The van der Waals surface area contributed by atoms with Crippen LogP contribution in [0.3, 0.4) is 0 Å². The molecule has 1 fully saturated rings. The van der Waals surface area contributed by atoms with Crippen LogP contribution in [0.1, 0.15) is 34.8 Å². The number of nitrogens with one attached hydrogen (secondary N) is 1. The zero-order valence-corrected chi connectivity index (χ0v) is 15.1. The van der Waals surface area contributed by atoms with Gasteiger partial charge in [0.1, 0.15) is 19.0 Å². The molecule has 1 aromatic carbocycles. The summed E-state index contributed by atoms with van der Waals surface area (Å²) in [6, 6.07) is 6.88. The molecule has 0 radical (unpaired) electrons. The SMILES string of the molecule is COc1cncc([C@H](NC(=O)c2cccc3c2OCCO3)C2CC(O)C2)c1. The van der Waals surface area contributed by atoms with E-state index in [1.165, 1.54) is 0 Å². The summed E-state index contributed by atoms with van der Waals surface area (Å²) in [7, 11) is 1.58. The molecule has 1 amide bonds. The molecule has 2 N–H and O–H groups in total. The van der Waals surface area contributed by atoms with Gasteiger partial charge in [-0.15, -0.1) is 0 Å². The first-order valence-electron chi connectivity index (χ1n) is 9.02. The molecule has 142 valence electrons. The lowest BCUT2D eigenvalue weighted by Gasteiger charge is -2.38. The Balaban J connectivity index is 1.61. The fraction of sp³-hybridized carbons (Fsp3) is 0.400. The van der Waals surface area contributed by atoms with E-state index in [2.05, 4.69) is 10.3 Å². The van der Waals surface area contributed by atoms with E-state index in [4.69, 9.17) is 14.2 Å². The number of amides is 1. The third-order valence-electron chi connectivity index (χ3n) is 5.05. The number of ether oxygens (including phenoxy) is 3. The predicted molar refractivity (Wildman–Crippen MR) is 97.2 cm³/mol. The lowest BCUT2D eigenvalue weighted by Crippen LogP contribution is -2.41. The van der Waals surface area contributed by atoms with E-state index in [9.17, 15) is 9.90 Å². The van der Waals surface area contributed by atoms with Crippen LogP contribution in [0.4, 0.5) is 0 Å². The molecular weight excluding hydrogens is 348 g/mol. The molecular formula is C20H22N2O5. The smallest absolute Gasteiger partial charge is 0.255 e. The highest BCUT2D eigenvalue weighted by atomic mass is 16.6. The molecule has 2 heterocycles. The number of hydrogen-bond acceptors (Lipinski definition) is 6. The average molecular weight is 370 g/mol. The second kappa shape index (κ2) is 7.44. The Hall–Kier alpha value is -2.80. The van der Waals surface area contributed by atoms with Crippen LogP contribution in [0.5, 0.6) is 17.2 Å². The number of aliphatic hydroxyl groups excluding tert-OH is 1. The number of carbonyl (C=O) groups excluding carboxylic acids is 1. The number of fused-ring (bicyclic) bond motifs is 1. The van der Waals surface area contributed by atoms with Gasteiger partial charge in [0.25, 0.3) is 5.91 Å². The van der Waals surface area contributed by atoms with Crippen molar-refractivity contribution in [1.29, 1.82) is 0 Å². The Morgan fingerprint density at radius 2 is 2.11 bits per heavy atom. The van der Waals surface area contributed by atoms with Crippen molar-refractivity contribution < 1.29 is 24.1 Å². The van der Waals surface area contributed by atoms with Crippen molar-refractivity contribution >= 4 is 5.91 Å². The Bertz CT molecular complexity index is 835. The number of methoxy groups -OCH3 is 1. The fourth-order valence-electron chi connectivity index (χ4n) is 3.56. The van der Waals surface area contributed by atoms with Gasteiger partial charge in [-0.3, -0.25) is 9.78 Å². The van der Waals surface area contributed by atoms with Crippen LogP contribution in [0.25, 0.3) is 0 Å². The van der Waals surface area contributed by atoms with Gasteiger partial charge in [0.05, 0.1) is 31.0 Å². The maximum absolute atomic E-state index is 13.0. The van der Waals surface area contributed by atoms with E-state index in [0.29, 0.717) is 48.9 Å². The van der Waals surface area contributed by atoms with E-state index in [1.54, 1.807) is 37.7 Å². The number of nitrogens with zero attached hydrogens (tertiary/aromatic N) is 1. The standard InChI is InChI=1S/C20H22N2O5/c1-25-15-9-13(10-21-11-15)18(12-7-14(23)8-12)22-20(24)16-3-2-4-17-19(16)27-6-5-26-17/h2-4,9-12,14,18,23H,5-8H2,1H3,(H,22,24)/t12?,14?,18-/m1/s1. The molecule has 0 bridgehead atoms. The zero-order chi connectivity index (χ0) is 18.8. The number of pyridine rings is 1. The molecule has 0 spiro atoms. The van der Waals surface area contributed by atoms with Gasteiger partial charge in [0.2, 0.25) is 0 Å². The lowest BCUT2D eigenvalue weighted by molar-refractivity contribution is 0.0233. The van der Waals surface area contributed by atoms with E-state index in [0.717, 1.165) is 5.56 Å². The molecule has 1 aromatic heterocycles. The summed E-state index contributed by atoms with van der Waals surface area (Å²) < 4.78 is 16.5. The minimum absolute atomic E-state index is 0.134. The summed E-state index contributed by atoms with van der Waals surface area (Å²) in [6.45, 7) is 0.880. The third-order valence-corrected chi connectivity index (χ3v) is 5.05. The first-order valence-corrected chi connectivity index (χ1v) is 9.02. The van der Waals surface area contributed by atoms with E-state index in [-0.39, 0.29) is 24.0 Å². The van der Waals surface area contributed by atoms with E-state index < -0.39 is 0 Å². The number of para-hydroxylation sites is 1. The van der Waals surface area contributed by atoms with Gasteiger partial charge in [-0.25, -0.2) is 0 Å². The van der Waals surface area contributed by atoms with Gasteiger partial charge in [0.15, 0.2) is 11.5 Å². The minimum Gasteiger partial charge on any atom is -0.495 e. The van der Waals surface area contributed by atoms with Gasteiger partial charge < -0.3 is 24.6 Å². The Kier molecular flexibility index (Phi) is 4.85. The van der Waals surface area contributed by atoms with E-state index >= 15 is 0 Å². The molecule has 1 aliphatic carbocycles. The summed E-state index contributed by atoms with van der Waals surface area (Å²) in [5.41, 5.74) is 1.29. The normalized spacial score (nSPS) is 21.7. The second-order valence-corrected chi connectivity index (χ2v) is 6.82.